The second kappa shape index (κ2) is 7.17. The van der Waals surface area contributed by atoms with Crippen molar-refractivity contribution in [3.05, 3.63) is 121 Å². The number of rotatable bonds is 2. The lowest BCUT2D eigenvalue weighted by atomic mass is 9.88. The van der Waals surface area contributed by atoms with Gasteiger partial charge in [0.05, 0.1) is 11.6 Å². The van der Waals surface area contributed by atoms with Gasteiger partial charge in [0.2, 0.25) is 0 Å². The van der Waals surface area contributed by atoms with Crippen molar-refractivity contribution < 1.29 is 0 Å². The highest BCUT2D eigenvalue weighted by atomic mass is 14.3. The smallest absolute Gasteiger partial charge is 0.0991 e. The zero-order chi connectivity index (χ0) is 22.6. The molecule has 0 radical (unpaired) electrons. The van der Waals surface area contributed by atoms with Crippen LogP contribution in [0.1, 0.15) is 5.56 Å². The van der Waals surface area contributed by atoms with Crippen molar-refractivity contribution in [1.82, 2.24) is 0 Å². The van der Waals surface area contributed by atoms with E-state index in [0.717, 1.165) is 5.56 Å². The van der Waals surface area contributed by atoms with Gasteiger partial charge in [-0.3, -0.25) is 0 Å². The molecule has 6 aromatic rings. The summed E-state index contributed by atoms with van der Waals surface area (Å²) < 4.78 is 0. The fourth-order valence-corrected chi connectivity index (χ4v) is 5.56. The molecule has 0 spiro atoms. The van der Waals surface area contributed by atoms with Gasteiger partial charge in [-0.25, -0.2) is 0 Å². The van der Waals surface area contributed by atoms with Crippen LogP contribution in [0, 0.1) is 11.3 Å². The highest BCUT2D eigenvalue weighted by Crippen LogP contribution is 2.54. The third-order valence-corrected chi connectivity index (χ3v) is 7.04. The quantitative estimate of drug-likeness (QED) is 0.269. The summed E-state index contributed by atoms with van der Waals surface area (Å²) >= 11 is 0. The van der Waals surface area contributed by atoms with E-state index in [2.05, 4.69) is 109 Å². The first-order chi connectivity index (χ1) is 16.8. The Hall–Kier alpha value is -4.67. The number of benzene rings is 6. The average Bonchev–Trinajstić information content (AvgIpc) is 3.23. The number of hydrogen-bond donors (Lipinski definition) is 0. The highest BCUT2D eigenvalue weighted by molar-refractivity contribution is 6.24. The molecule has 34 heavy (non-hydrogen) atoms. The third kappa shape index (κ3) is 2.60. The van der Waals surface area contributed by atoms with Gasteiger partial charge in [-0.1, -0.05) is 97.1 Å². The van der Waals surface area contributed by atoms with Crippen molar-refractivity contribution in [2.75, 3.05) is 0 Å². The van der Waals surface area contributed by atoms with Gasteiger partial charge < -0.3 is 0 Å². The van der Waals surface area contributed by atoms with E-state index in [1.54, 1.807) is 0 Å². The Morgan fingerprint density at radius 2 is 1.21 bits per heavy atom. The first-order valence-corrected chi connectivity index (χ1v) is 11.5. The number of fused-ring (bicyclic) bond motifs is 4. The molecule has 1 heteroatoms. The van der Waals surface area contributed by atoms with Crippen molar-refractivity contribution in [2.24, 2.45) is 0 Å². The minimum Gasteiger partial charge on any atom is -0.192 e. The van der Waals surface area contributed by atoms with E-state index in [4.69, 9.17) is 0 Å². The van der Waals surface area contributed by atoms with E-state index in [1.807, 2.05) is 12.1 Å². The summed E-state index contributed by atoms with van der Waals surface area (Å²) in [5.41, 5.74) is 10.8. The molecule has 0 atom stereocenters. The normalized spacial score (nSPS) is 11.5. The summed E-state index contributed by atoms with van der Waals surface area (Å²) in [6.07, 6.45) is 0. The van der Waals surface area contributed by atoms with Crippen molar-refractivity contribution >= 4 is 21.5 Å². The fourth-order valence-electron chi connectivity index (χ4n) is 5.56. The van der Waals surface area contributed by atoms with Crippen LogP contribution in [-0.4, -0.2) is 0 Å². The van der Waals surface area contributed by atoms with Gasteiger partial charge in [0.25, 0.3) is 0 Å². The molecule has 0 fully saturated rings. The predicted octanol–water partition coefficient (Wildman–Crippen LogP) is 8.85. The monoisotopic (exact) mass is 429 g/mol. The molecular formula is C33H19N. The minimum absolute atomic E-state index is 0.682. The lowest BCUT2D eigenvalue weighted by Gasteiger charge is -2.15. The topological polar surface area (TPSA) is 23.8 Å². The standard InChI is InChI=1S/C33H19N/c34-20-21-13-15-22(16-14-21)25-17-18-29-32-27(25)11-6-12-28(32)30-19-24-9-4-5-10-26(24)31(33(29)30)23-7-2-1-3-8-23/h1-19H. The van der Waals surface area contributed by atoms with Gasteiger partial charge in [-0.05, 0) is 84.3 Å². The summed E-state index contributed by atoms with van der Waals surface area (Å²) in [4.78, 5) is 0. The molecule has 6 aromatic carbocycles. The van der Waals surface area contributed by atoms with Crippen LogP contribution in [0.3, 0.4) is 0 Å². The van der Waals surface area contributed by atoms with E-state index in [0.29, 0.717) is 5.56 Å². The zero-order valence-corrected chi connectivity index (χ0v) is 18.4. The molecule has 1 aliphatic carbocycles. The molecule has 7 rings (SSSR count). The highest BCUT2D eigenvalue weighted by Gasteiger charge is 2.27. The van der Waals surface area contributed by atoms with Crippen molar-refractivity contribution in [2.45, 2.75) is 0 Å². The summed E-state index contributed by atoms with van der Waals surface area (Å²) in [5, 5.41) is 14.3. The molecule has 156 valence electrons. The molecule has 0 amide bonds. The molecule has 0 saturated carbocycles. The van der Waals surface area contributed by atoms with Gasteiger partial charge in [0.1, 0.15) is 0 Å². The molecule has 1 aliphatic rings. The van der Waals surface area contributed by atoms with Crippen LogP contribution in [0.15, 0.2) is 115 Å². The third-order valence-electron chi connectivity index (χ3n) is 7.04. The fraction of sp³-hybridized carbons (Fsp3) is 0. The Labute approximate surface area is 198 Å². The van der Waals surface area contributed by atoms with Crippen LogP contribution >= 0.6 is 0 Å². The van der Waals surface area contributed by atoms with Crippen LogP contribution < -0.4 is 0 Å². The van der Waals surface area contributed by atoms with Gasteiger partial charge >= 0.3 is 0 Å². The second-order valence-electron chi connectivity index (χ2n) is 8.84. The lowest BCUT2D eigenvalue weighted by molar-refractivity contribution is 1.48. The predicted molar refractivity (Wildman–Crippen MR) is 141 cm³/mol. The van der Waals surface area contributed by atoms with Gasteiger partial charge in [-0.2, -0.15) is 5.26 Å². The SMILES string of the molecule is N#Cc1ccc(-c2ccc3c4c(cccc24)-c2cc4ccccc4c(-c4ccccc4)c2-3)cc1. The molecule has 0 saturated heterocycles. The molecular weight excluding hydrogens is 410 g/mol. The maximum atomic E-state index is 9.20. The molecule has 0 bridgehead atoms. The van der Waals surface area contributed by atoms with Gasteiger partial charge in [0, 0.05) is 0 Å². The zero-order valence-electron chi connectivity index (χ0n) is 18.4. The maximum absolute atomic E-state index is 9.20. The Morgan fingerprint density at radius 3 is 2.03 bits per heavy atom. The first-order valence-electron chi connectivity index (χ1n) is 11.5. The molecule has 1 nitrogen and oxygen atoms in total. The van der Waals surface area contributed by atoms with Crippen molar-refractivity contribution in [1.29, 1.82) is 5.26 Å². The molecule has 0 heterocycles. The van der Waals surface area contributed by atoms with Crippen LogP contribution in [0.4, 0.5) is 0 Å². The minimum atomic E-state index is 0.682. The summed E-state index contributed by atoms with van der Waals surface area (Å²) in [6, 6.07) is 43.1. The van der Waals surface area contributed by atoms with Crippen LogP contribution in [0.5, 0.6) is 0 Å². The maximum Gasteiger partial charge on any atom is 0.0991 e. The summed E-state index contributed by atoms with van der Waals surface area (Å²) in [6.45, 7) is 0. The van der Waals surface area contributed by atoms with Crippen molar-refractivity contribution in [3.63, 3.8) is 0 Å². The first kappa shape index (κ1) is 18.9. The number of nitrogens with zero attached hydrogens (tertiary/aromatic N) is 1. The van der Waals surface area contributed by atoms with E-state index in [-0.39, 0.29) is 0 Å². The van der Waals surface area contributed by atoms with Crippen molar-refractivity contribution in [3.8, 4) is 50.6 Å². The van der Waals surface area contributed by atoms with E-state index in [9.17, 15) is 5.26 Å². The van der Waals surface area contributed by atoms with Crippen LogP contribution in [0.2, 0.25) is 0 Å². The van der Waals surface area contributed by atoms with E-state index >= 15 is 0 Å². The number of hydrogen-bond acceptors (Lipinski definition) is 1. The van der Waals surface area contributed by atoms with E-state index in [1.165, 1.54) is 60.5 Å². The van der Waals surface area contributed by atoms with Gasteiger partial charge in [-0.15, -0.1) is 0 Å². The molecule has 0 N–H and O–H groups in total. The summed E-state index contributed by atoms with van der Waals surface area (Å²) in [7, 11) is 0. The largest absolute Gasteiger partial charge is 0.192 e. The Balaban J connectivity index is 1.58. The Morgan fingerprint density at radius 1 is 0.471 bits per heavy atom. The molecule has 0 aromatic heterocycles. The number of nitriles is 1. The van der Waals surface area contributed by atoms with E-state index < -0.39 is 0 Å². The second-order valence-corrected chi connectivity index (χ2v) is 8.84. The Kier molecular flexibility index (Phi) is 3.98. The summed E-state index contributed by atoms with van der Waals surface area (Å²) in [5.74, 6) is 0. The lowest BCUT2D eigenvalue weighted by Crippen LogP contribution is -1.88. The molecule has 0 unspecified atom stereocenters. The Bertz CT molecular complexity index is 1790. The van der Waals surface area contributed by atoms with Crippen LogP contribution in [0.25, 0.3) is 66.1 Å². The van der Waals surface area contributed by atoms with Gasteiger partial charge in [0.15, 0.2) is 0 Å². The molecule has 0 aliphatic heterocycles. The average molecular weight is 430 g/mol. The van der Waals surface area contributed by atoms with Crippen LogP contribution in [-0.2, 0) is 0 Å².